The standard InChI is InChI=1S/C19H15FN2O2S/c1-24-14-4-2-3-12(9-14)15-10-16(23)21-18-17(22-25-19(15)18)11-5-7-13(20)8-6-11/h2-9,15H,10H2,1H3,(H,21,23)/t15-/m1/s1. The Bertz CT molecular complexity index is 937. The van der Waals surface area contributed by atoms with E-state index in [1.165, 1.54) is 23.7 Å². The molecule has 0 aliphatic carbocycles. The fraction of sp³-hybridized carbons (Fsp3) is 0.158. The third-order valence-corrected chi connectivity index (χ3v) is 5.26. The fourth-order valence-corrected chi connectivity index (χ4v) is 4.03. The van der Waals surface area contributed by atoms with Crippen molar-refractivity contribution < 1.29 is 13.9 Å². The van der Waals surface area contributed by atoms with Crippen molar-refractivity contribution in [1.82, 2.24) is 4.37 Å². The van der Waals surface area contributed by atoms with Crippen LogP contribution >= 0.6 is 11.5 Å². The average Bonchev–Trinajstić information content (AvgIpc) is 3.05. The van der Waals surface area contributed by atoms with Crippen LogP contribution in [-0.4, -0.2) is 17.4 Å². The molecule has 6 heteroatoms. The van der Waals surface area contributed by atoms with Gasteiger partial charge in [-0.25, -0.2) is 4.39 Å². The van der Waals surface area contributed by atoms with E-state index in [0.29, 0.717) is 12.1 Å². The molecule has 0 spiro atoms. The molecular formula is C19H15FN2O2S. The molecule has 2 heterocycles. The zero-order valence-electron chi connectivity index (χ0n) is 13.5. The van der Waals surface area contributed by atoms with Crippen molar-refractivity contribution in [3.05, 3.63) is 64.8 Å². The topological polar surface area (TPSA) is 51.2 Å². The number of nitrogens with zero attached hydrogens (tertiary/aromatic N) is 1. The van der Waals surface area contributed by atoms with E-state index in [0.717, 1.165) is 27.4 Å². The summed E-state index contributed by atoms with van der Waals surface area (Å²) < 4.78 is 23.0. The van der Waals surface area contributed by atoms with Crippen molar-refractivity contribution in [2.45, 2.75) is 12.3 Å². The SMILES string of the molecule is COc1cccc([C@H]2CC(=O)Nc3c(-c4ccc(F)cc4)nsc32)c1. The number of nitrogens with one attached hydrogen (secondary N) is 1. The Balaban J connectivity index is 1.79. The van der Waals surface area contributed by atoms with E-state index in [-0.39, 0.29) is 17.6 Å². The van der Waals surface area contributed by atoms with Crippen LogP contribution in [0.1, 0.15) is 22.8 Å². The molecule has 1 aliphatic rings. The van der Waals surface area contributed by atoms with Crippen molar-refractivity contribution in [2.24, 2.45) is 0 Å². The van der Waals surface area contributed by atoms with Crippen LogP contribution in [0.5, 0.6) is 5.75 Å². The molecule has 4 rings (SSSR count). The number of anilines is 1. The van der Waals surface area contributed by atoms with E-state index in [1.54, 1.807) is 19.2 Å². The maximum atomic E-state index is 13.2. The van der Waals surface area contributed by atoms with E-state index in [4.69, 9.17) is 4.74 Å². The second-order valence-corrected chi connectivity index (χ2v) is 6.66. The number of halogens is 1. The Morgan fingerprint density at radius 2 is 2.04 bits per heavy atom. The van der Waals surface area contributed by atoms with Gasteiger partial charge in [0.25, 0.3) is 0 Å². The summed E-state index contributed by atoms with van der Waals surface area (Å²) in [7, 11) is 1.62. The van der Waals surface area contributed by atoms with E-state index >= 15 is 0 Å². The Labute approximate surface area is 148 Å². The number of hydrogen-bond acceptors (Lipinski definition) is 4. The number of rotatable bonds is 3. The summed E-state index contributed by atoms with van der Waals surface area (Å²) in [4.78, 5) is 13.3. The molecule has 25 heavy (non-hydrogen) atoms. The molecule has 3 aromatic rings. The third-order valence-electron chi connectivity index (χ3n) is 4.30. The number of carbonyl (C=O) groups is 1. The highest BCUT2D eigenvalue weighted by atomic mass is 32.1. The van der Waals surface area contributed by atoms with E-state index in [9.17, 15) is 9.18 Å². The molecule has 0 unspecified atom stereocenters. The van der Waals surface area contributed by atoms with Crippen LogP contribution in [-0.2, 0) is 4.79 Å². The molecule has 2 aromatic carbocycles. The molecule has 1 amide bonds. The smallest absolute Gasteiger partial charge is 0.225 e. The van der Waals surface area contributed by atoms with Crippen LogP contribution in [0.3, 0.4) is 0 Å². The lowest BCUT2D eigenvalue weighted by atomic mass is 9.89. The first kappa shape index (κ1) is 15.8. The Hall–Kier alpha value is -2.73. The molecule has 126 valence electrons. The van der Waals surface area contributed by atoms with Gasteiger partial charge in [0.05, 0.1) is 17.7 Å². The monoisotopic (exact) mass is 354 g/mol. The first-order chi connectivity index (χ1) is 12.2. The van der Waals surface area contributed by atoms with Gasteiger partial charge in [-0.3, -0.25) is 4.79 Å². The molecule has 1 N–H and O–H groups in total. The van der Waals surface area contributed by atoms with Crippen LogP contribution in [0.25, 0.3) is 11.3 Å². The summed E-state index contributed by atoms with van der Waals surface area (Å²) in [5.41, 5.74) is 3.21. The highest BCUT2D eigenvalue weighted by Gasteiger charge is 2.31. The summed E-state index contributed by atoms with van der Waals surface area (Å²) in [6.07, 6.45) is 0.366. The minimum Gasteiger partial charge on any atom is -0.497 e. The highest BCUT2D eigenvalue weighted by molar-refractivity contribution is 7.07. The minimum atomic E-state index is -0.300. The third kappa shape index (κ3) is 2.89. The zero-order valence-corrected chi connectivity index (χ0v) is 14.3. The number of fused-ring (bicyclic) bond motifs is 1. The van der Waals surface area contributed by atoms with E-state index in [2.05, 4.69) is 9.69 Å². The maximum absolute atomic E-state index is 13.2. The molecule has 0 saturated carbocycles. The molecule has 0 saturated heterocycles. The number of carbonyl (C=O) groups excluding carboxylic acids is 1. The molecule has 0 bridgehead atoms. The number of amides is 1. The van der Waals surface area contributed by atoms with Gasteiger partial charge in [-0.1, -0.05) is 12.1 Å². The van der Waals surface area contributed by atoms with Crippen molar-refractivity contribution in [3.8, 4) is 17.0 Å². The number of benzene rings is 2. The van der Waals surface area contributed by atoms with Crippen molar-refractivity contribution in [2.75, 3.05) is 12.4 Å². The van der Waals surface area contributed by atoms with Gasteiger partial charge in [-0.2, -0.15) is 4.37 Å². The summed E-state index contributed by atoms with van der Waals surface area (Å²) in [5, 5.41) is 2.93. The van der Waals surface area contributed by atoms with Crippen molar-refractivity contribution >= 4 is 23.1 Å². The van der Waals surface area contributed by atoms with Crippen LogP contribution in [0.2, 0.25) is 0 Å². The average molecular weight is 354 g/mol. The molecule has 1 aromatic heterocycles. The van der Waals surface area contributed by atoms with Crippen LogP contribution < -0.4 is 10.1 Å². The normalized spacial score (nSPS) is 16.2. The first-order valence-electron chi connectivity index (χ1n) is 7.85. The molecule has 1 aliphatic heterocycles. The van der Waals surface area contributed by atoms with Gasteiger partial charge in [0.15, 0.2) is 0 Å². The summed E-state index contributed by atoms with van der Waals surface area (Å²) in [6.45, 7) is 0. The summed E-state index contributed by atoms with van der Waals surface area (Å²) in [6, 6.07) is 13.9. The van der Waals surface area contributed by atoms with Crippen molar-refractivity contribution in [1.29, 1.82) is 0 Å². The molecule has 1 atom stereocenters. The Morgan fingerprint density at radius 1 is 1.24 bits per heavy atom. The molecule has 4 nitrogen and oxygen atoms in total. The van der Waals surface area contributed by atoms with Gasteiger partial charge >= 0.3 is 0 Å². The van der Waals surface area contributed by atoms with Gasteiger partial charge in [-0.05, 0) is 53.5 Å². The van der Waals surface area contributed by atoms with Gasteiger partial charge in [0.1, 0.15) is 17.3 Å². The second kappa shape index (κ2) is 6.29. The lowest BCUT2D eigenvalue weighted by Crippen LogP contribution is -2.22. The van der Waals surface area contributed by atoms with Crippen LogP contribution in [0.4, 0.5) is 10.1 Å². The zero-order chi connectivity index (χ0) is 17.4. The molecule has 0 fully saturated rings. The summed E-state index contributed by atoms with van der Waals surface area (Å²) >= 11 is 1.37. The Morgan fingerprint density at radius 3 is 2.80 bits per heavy atom. The molecule has 0 radical (unpaired) electrons. The predicted molar refractivity (Wildman–Crippen MR) is 95.6 cm³/mol. The van der Waals surface area contributed by atoms with Gasteiger partial charge < -0.3 is 10.1 Å². The largest absolute Gasteiger partial charge is 0.497 e. The van der Waals surface area contributed by atoms with E-state index < -0.39 is 0 Å². The maximum Gasteiger partial charge on any atom is 0.225 e. The molecular weight excluding hydrogens is 339 g/mol. The Kier molecular flexibility index (Phi) is 3.97. The second-order valence-electron chi connectivity index (χ2n) is 5.86. The highest BCUT2D eigenvalue weighted by Crippen LogP contribution is 2.45. The number of methoxy groups -OCH3 is 1. The van der Waals surface area contributed by atoms with Crippen molar-refractivity contribution in [3.63, 3.8) is 0 Å². The predicted octanol–water partition coefficient (Wildman–Crippen LogP) is 4.43. The van der Waals surface area contributed by atoms with E-state index in [1.807, 2.05) is 24.3 Å². The van der Waals surface area contributed by atoms with Crippen LogP contribution in [0, 0.1) is 5.82 Å². The van der Waals surface area contributed by atoms with Gasteiger partial charge in [-0.15, -0.1) is 0 Å². The van der Waals surface area contributed by atoms with Crippen LogP contribution in [0.15, 0.2) is 48.5 Å². The first-order valence-corrected chi connectivity index (χ1v) is 8.62. The van der Waals surface area contributed by atoms with Gasteiger partial charge in [0.2, 0.25) is 5.91 Å². The number of ether oxygens (including phenoxy) is 1. The number of hydrogen-bond donors (Lipinski definition) is 1. The van der Waals surface area contributed by atoms with Gasteiger partial charge in [0, 0.05) is 17.9 Å². The minimum absolute atomic E-state index is 0.0520. The lowest BCUT2D eigenvalue weighted by Gasteiger charge is -2.23. The number of aromatic nitrogens is 1. The lowest BCUT2D eigenvalue weighted by molar-refractivity contribution is -0.116. The quantitative estimate of drug-likeness (QED) is 0.757. The fourth-order valence-electron chi connectivity index (χ4n) is 3.06. The summed E-state index contributed by atoms with van der Waals surface area (Å²) in [5.74, 6) is 0.342.